The van der Waals surface area contributed by atoms with Crippen molar-refractivity contribution < 1.29 is 0 Å². The molecule has 0 unspecified atom stereocenters. The third-order valence-corrected chi connectivity index (χ3v) is 11.0. The number of benzene rings is 7. The molecule has 7 aromatic carbocycles. The van der Waals surface area contributed by atoms with Crippen LogP contribution in [0, 0.1) is 0 Å². The first-order chi connectivity index (χ1) is 24.3. The maximum atomic E-state index is 5.42. The average Bonchev–Trinajstić information content (AvgIpc) is 3.82. The Balaban J connectivity index is 1.34. The van der Waals surface area contributed by atoms with Gasteiger partial charge in [0.05, 0.1) is 33.1 Å². The molecule has 0 atom stereocenters. The molecule has 0 radical (unpaired) electrons. The number of thiophene rings is 1. The summed E-state index contributed by atoms with van der Waals surface area (Å²) in [5, 5.41) is 7.40. The van der Waals surface area contributed by atoms with Gasteiger partial charge in [0.15, 0.2) is 5.82 Å². The predicted molar refractivity (Wildman–Crippen MR) is 207 cm³/mol. The van der Waals surface area contributed by atoms with Gasteiger partial charge in [0.25, 0.3) is 0 Å². The third kappa shape index (κ3) is 3.79. The molecule has 0 fully saturated rings. The van der Waals surface area contributed by atoms with Crippen molar-refractivity contribution >= 4 is 86.2 Å². The van der Waals surface area contributed by atoms with E-state index in [-0.39, 0.29) is 0 Å². The minimum Gasteiger partial charge on any atom is -0.307 e. The lowest BCUT2D eigenvalue weighted by molar-refractivity contribution is 1.08. The Morgan fingerprint density at radius 2 is 0.959 bits per heavy atom. The molecule has 0 N–H and O–H groups in total. The molecule has 11 rings (SSSR count). The number of fused-ring (bicyclic) bond motifs is 11. The first-order valence-electron chi connectivity index (χ1n) is 16.5. The molecule has 49 heavy (non-hydrogen) atoms. The van der Waals surface area contributed by atoms with Crippen LogP contribution >= 0.6 is 11.3 Å². The zero-order valence-electron chi connectivity index (χ0n) is 26.2. The summed E-state index contributed by atoms with van der Waals surface area (Å²) in [4.78, 5) is 10.7. The highest BCUT2D eigenvalue weighted by Crippen LogP contribution is 2.43. The molecule has 0 aliphatic carbocycles. The highest BCUT2D eigenvalue weighted by atomic mass is 32.1. The topological polar surface area (TPSA) is 35.6 Å². The maximum absolute atomic E-state index is 5.42. The average molecular weight is 643 g/mol. The van der Waals surface area contributed by atoms with Crippen molar-refractivity contribution in [2.75, 3.05) is 0 Å². The van der Waals surface area contributed by atoms with E-state index in [0.717, 1.165) is 50.3 Å². The summed E-state index contributed by atoms with van der Waals surface area (Å²) in [5.74, 6) is 0.820. The van der Waals surface area contributed by atoms with Crippen molar-refractivity contribution in [3.63, 3.8) is 0 Å². The SMILES string of the molecule is c1ccc(-c2nc3ccccc3nc2-n2c3ccccc3c3ccc4c5ccccc5n(-c5ccc6c(c5)sc5ccccc56)c4c32)cc1. The van der Waals surface area contributed by atoms with Gasteiger partial charge in [-0.25, -0.2) is 9.97 Å². The molecule has 5 heteroatoms. The summed E-state index contributed by atoms with van der Waals surface area (Å²) in [7, 11) is 0. The monoisotopic (exact) mass is 642 g/mol. The number of hydrogen-bond donors (Lipinski definition) is 0. The summed E-state index contributed by atoms with van der Waals surface area (Å²) in [6, 6.07) is 56.3. The Morgan fingerprint density at radius 3 is 1.71 bits per heavy atom. The Bertz CT molecular complexity index is 3110. The summed E-state index contributed by atoms with van der Waals surface area (Å²) in [5.41, 5.74) is 9.32. The Morgan fingerprint density at radius 1 is 0.408 bits per heavy atom. The molecule has 4 aromatic heterocycles. The molecule has 0 aliphatic rings. The molecule has 228 valence electrons. The van der Waals surface area contributed by atoms with E-state index in [1.165, 1.54) is 47.2 Å². The normalized spacial score (nSPS) is 12.1. The molecule has 0 saturated heterocycles. The van der Waals surface area contributed by atoms with Gasteiger partial charge in [0.2, 0.25) is 0 Å². The van der Waals surface area contributed by atoms with Crippen LogP contribution in [-0.2, 0) is 0 Å². The number of para-hydroxylation sites is 4. The van der Waals surface area contributed by atoms with Gasteiger partial charge in [-0.1, -0.05) is 115 Å². The fourth-order valence-corrected chi connectivity index (χ4v) is 8.92. The van der Waals surface area contributed by atoms with Crippen LogP contribution in [0.2, 0.25) is 0 Å². The summed E-state index contributed by atoms with van der Waals surface area (Å²) < 4.78 is 7.41. The molecular formula is C44H26N4S. The molecule has 0 amide bonds. The first kappa shape index (κ1) is 26.7. The van der Waals surface area contributed by atoms with E-state index in [9.17, 15) is 0 Å². The van der Waals surface area contributed by atoms with Gasteiger partial charge in [-0.2, -0.15) is 0 Å². The van der Waals surface area contributed by atoms with Crippen molar-refractivity contribution in [1.82, 2.24) is 19.1 Å². The van der Waals surface area contributed by atoms with Crippen molar-refractivity contribution in [2.24, 2.45) is 0 Å². The lowest BCUT2D eigenvalue weighted by Gasteiger charge is -2.15. The fourth-order valence-electron chi connectivity index (χ4n) is 7.78. The minimum absolute atomic E-state index is 0.820. The van der Waals surface area contributed by atoms with Gasteiger partial charge in [-0.05, 0) is 42.5 Å². The predicted octanol–water partition coefficient (Wildman–Crippen LogP) is 11.9. The van der Waals surface area contributed by atoms with Crippen molar-refractivity contribution in [2.45, 2.75) is 0 Å². The second kappa shape index (κ2) is 10.1. The fraction of sp³-hybridized carbons (Fsp3) is 0. The Labute approximate surface area is 284 Å². The van der Waals surface area contributed by atoms with Gasteiger partial charge in [0, 0.05) is 53.0 Å². The molecule has 11 aromatic rings. The van der Waals surface area contributed by atoms with Gasteiger partial charge >= 0.3 is 0 Å². The minimum atomic E-state index is 0.820. The van der Waals surface area contributed by atoms with Crippen LogP contribution in [0.4, 0.5) is 0 Å². The molecule has 0 saturated carbocycles. The van der Waals surface area contributed by atoms with E-state index in [4.69, 9.17) is 9.97 Å². The number of nitrogens with zero attached hydrogens (tertiary/aromatic N) is 4. The zero-order chi connectivity index (χ0) is 32.1. The summed E-state index contributed by atoms with van der Waals surface area (Å²) in [6.45, 7) is 0. The quantitative estimate of drug-likeness (QED) is 0.192. The van der Waals surface area contributed by atoms with Crippen LogP contribution in [0.15, 0.2) is 158 Å². The van der Waals surface area contributed by atoms with E-state index in [2.05, 4.69) is 143 Å². The second-order valence-electron chi connectivity index (χ2n) is 12.6. The van der Waals surface area contributed by atoms with Crippen LogP contribution in [0.5, 0.6) is 0 Å². The van der Waals surface area contributed by atoms with Crippen molar-refractivity contribution in [1.29, 1.82) is 0 Å². The summed E-state index contributed by atoms with van der Waals surface area (Å²) >= 11 is 1.86. The van der Waals surface area contributed by atoms with Crippen LogP contribution in [0.25, 0.3) is 97.6 Å². The summed E-state index contributed by atoms with van der Waals surface area (Å²) in [6.07, 6.45) is 0. The van der Waals surface area contributed by atoms with Crippen LogP contribution in [0.3, 0.4) is 0 Å². The molecular weight excluding hydrogens is 617 g/mol. The molecule has 0 aliphatic heterocycles. The van der Waals surface area contributed by atoms with E-state index < -0.39 is 0 Å². The van der Waals surface area contributed by atoms with Crippen LogP contribution < -0.4 is 0 Å². The van der Waals surface area contributed by atoms with Gasteiger partial charge in [0.1, 0.15) is 5.69 Å². The Hall–Kier alpha value is -6.30. The Kier molecular flexibility index (Phi) is 5.51. The first-order valence-corrected chi connectivity index (χ1v) is 17.3. The molecule has 0 bridgehead atoms. The lowest BCUT2D eigenvalue weighted by Crippen LogP contribution is -2.05. The van der Waals surface area contributed by atoms with Gasteiger partial charge < -0.3 is 4.57 Å². The highest BCUT2D eigenvalue weighted by Gasteiger charge is 2.24. The number of aromatic nitrogens is 4. The van der Waals surface area contributed by atoms with Gasteiger partial charge in [-0.15, -0.1) is 11.3 Å². The lowest BCUT2D eigenvalue weighted by atomic mass is 10.1. The smallest absolute Gasteiger partial charge is 0.165 e. The highest BCUT2D eigenvalue weighted by molar-refractivity contribution is 7.25. The van der Waals surface area contributed by atoms with Crippen molar-refractivity contribution in [3.05, 3.63) is 158 Å². The van der Waals surface area contributed by atoms with Crippen LogP contribution in [0.1, 0.15) is 0 Å². The van der Waals surface area contributed by atoms with E-state index >= 15 is 0 Å². The largest absolute Gasteiger partial charge is 0.307 e. The maximum Gasteiger partial charge on any atom is 0.165 e. The van der Waals surface area contributed by atoms with Crippen molar-refractivity contribution in [3.8, 4) is 22.8 Å². The van der Waals surface area contributed by atoms with E-state index in [1.807, 2.05) is 35.6 Å². The standard InChI is InChI=1S/C44H26N4S/c1-2-12-27(13-3-1)41-44(46-36-18-8-7-17-35(36)45-41)48-38-20-10-5-15-30(38)34-25-24-33-29-14-4-9-19-37(29)47(42(33)43(34)48)28-22-23-32-31-16-6-11-21-39(31)49-40(32)26-28/h1-26H. The van der Waals surface area contributed by atoms with E-state index in [0.29, 0.717) is 0 Å². The second-order valence-corrected chi connectivity index (χ2v) is 13.7. The number of hydrogen-bond acceptors (Lipinski definition) is 3. The third-order valence-electron chi connectivity index (χ3n) is 9.90. The molecule has 4 heterocycles. The molecule has 0 spiro atoms. The zero-order valence-corrected chi connectivity index (χ0v) is 27.0. The number of rotatable bonds is 3. The van der Waals surface area contributed by atoms with E-state index in [1.54, 1.807) is 0 Å². The molecule has 4 nitrogen and oxygen atoms in total. The van der Waals surface area contributed by atoms with Crippen LogP contribution in [-0.4, -0.2) is 19.1 Å². The van der Waals surface area contributed by atoms with Gasteiger partial charge in [-0.3, -0.25) is 4.57 Å².